The third-order valence-corrected chi connectivity index (χ3v) is 3.68. The maximum atomic E-state index is 12.0. The number of aromatic carboxylic acids is 1. The van der Waals surface area contributed by atoms with Gasteiger partial charge in [-0.15, -0.1) is 0 Å². The zero-order chi connectivity index (χ0) is 14.3. The minimum absolute atomic E-state index is 0.000890. The third kappa shape index (κ3) is 1.93. The molecule has 2 heterocycles. The van der Waals surface area contributed by atoms with Crippen molar-refractivity contribution in [2.24, 2.45) is 0 Å². The molecule has 1 saturated heterocycles. The number of carboxylic acid groups (broad SMARTS) is 1. The highest BCUT2D eigenvalue weighted by Gasteiger charge is 2.26. The van der Waals surface area contributed by atoms with E-state index in [0.29, 0.717) is 12.1 Å². The molecule has 0 spiro atoms. The van der Waals surface area contributed by atoms with Crippen molar-refractivity contribution < 1.29 is 14.7 Å². The van der Waals surface area contributed by atoms with Crippen LogP contribution in [0.2, 0.25) is 0 Å². The summed E-state index contributed by atoms with van der Waals surface area (Å²) in [5, 5.41) is 11.9. The normalized spacial score (nSPS) is 19.1. The quantitative estimate of drug-likeness (QED) is 0.868. The predicted molar refractivity (Wildman–Crippen MR) is 72.7 cm³/mol. The smallest absolute Gasteiger partial charge is 0.335 e. The molecule has 3 rings (SSSR count). The Morgan fingerprint density at radius 1 is 1.50 bits per heavy atom. The molecule has 1 aromatic heterocycles. The molecule has 20 heavy (non-hydrogen) atoms. The Labute approximate surface area is 115 Å². The number of hydrogen-bond acceptors (Lipinski definition) is 3. The van der Waals surface area contributed by atoms with Crippen molar-refractivity contribution in [1.29, 1.82) is 0 Å². The Hall–Kier alpha value is -2.37. The van der Waals surface area contributed by atoms with E-state index in [1.807, 2.05) is 11.5 Å². The van der Waals surface area contributed by atoms with E-state index in [9.17, 15) is 9.59 Å². The topological polar surface area (TPSA) is 84.2 Å². The second-order valence-corrected chi connectivity index (χ2v) is 4.99. The zero-order valence-electron chi connectivity index (χ0n) is 11.1. The van der Waals surface area contributed by atoms with E-state index in [1.54, 1.807) is 18.2 Å². The largest absolute Gasteiger partial charge is 0.478 e. The second-order valence-electron chi connectivity index (χ2n) is 4.99. The van der Waals surface area contributed by atoms with Crippen LogP contribution in [0.1, 0.15) is 35.1 Å². The first kappa shape index (κ1) is 12.7. The summed E-state index contributed by atoms with van der Waals surface area (Å²) in [6, 6.07) is 4.55. The Morgan fingerprint density at radius 3 is 3.00 bits per heavy atom. The van der Waals surface area contributed by atoms with Crippen molar-refractivity contribution in [3.63, 3.8) is 0 Å². The zero-order valence-corrected chi connectivity index (χ0v) is 11.1. The SMILES string of the molecule is Cc1nc2cc(C(=O)O)ccc2n1C1CCCNC1=O. The molecule has 0 radical (unpaired) electrons. The Kier molecular flexibility index (Phi) is 2.93. The van der Waals surface area contributed by atoms with Gasteiger partial charge in [0, 0.05) is 6.54 Å². The number of nitrogens with one attached hydrogen (secondary N) is 1. The Morgan fingerprint density at radius 2 is 2.30 bits per heavy atom. The maximum Gasteiger partial charge on any atom is 0.335 e. The number of hydrogen-bond donors (Lipinski definition) is 2. The van der Waals surface area contributed by atoms with E-state index in [-0.39, 0.29) is 17.5 Å². The Bertz CT molecular complexity index is 705. The molecule has 0 bridgehead atoms. The average Bonchev–Trinajstić information content (AvgIpc) is 2.74. The molecular formula is C14H15N3O3. The highest BCUT2D eigenvalue weighted by molar-refractivity contribution is 5.93. The van der Waals surface area contributed by atoms with Crippen LogP contribution in [0, 0.1) is 6.92 Å². The standard InChI is InChI=1S/C14H15N3O3/c1-8-16-10-7-9(14(19)20)4-5-11(10)17(8)12-3-2-6-15-13(12)18/h4-5,7,12H,2-3,6H2,1H3,(H,15,18)(H,19,20). The summed E-state index contributed by atoms with van der Waals surface area (Å²) < 4.78 is 1.90. The number of carbonyl (C=O) groups excluding carboxylic acids is 1. The fraction of sp³-hybridized carbons (Fsp3) is 0.357. The van der Waals surface area contributed by atoms with Gasteiger partial charge in [-0.1, -0.05) is 0 Å². The molecule has 2 aromatic rings. The van der Waals surface area contributed by atoms with E-state index >= 15 is 0 Å². The predicted octanol–water partition coefficient (Wildman–Crippen LogP) is 1.49. The number of carboxylic acids is 1. The van der Waals surface area contributed by atoms with Crippen molar-refractivity contribution in [1.82, 2.24) is 14.9 Å². The van der Waals surface area contributed by atoms with Crippen molar-refractivity contribution >= 4 is 22.9 Å². The van der Waals surface area contributed by atoms with Crippen molar-refractivity contribution in [3.05, 3.63) is 29.6 Å². The first-order chi connectivity index (χ1) is 9.58. The van der Waals surface area contributed by atoms with Gasteiger partial charge in [-0.2, -0.15) is 0 Å². The Balaban J connectivity index is 2.13. The molecule has 0 saturated carbocycles. The van der Waals surface area contributed by atoms with Gasteiger partial charge >= 0.3 is 5.97 Å². The number of amides is 1. The molecule has 1 unspecified atom stereocenters. The highest BCUT2D eigenvalue weighted by Crippen LogP contribution is 2.26. The summed E-state index contributed by atoms with van der Waals surface area (Å²) in [6.07, 6.45) is 1.71. The number of rotatable bonds is 2. The van der Waals surface area contributed by atoms with Gasteiger partial charge in [-0.3, -0.25) is 4.79 Å². The van der Waals surface area contributed by atoms with Gasteiger partial charge in [0.05, 0.1) is 16.6 Å². The van der Waals surface area contributed by atoms with Crippen LogP contribution >= 0.6 is 0 Å². The number of carbonyl (C=O) groups is 2. The van der Waals surface area contributed by atoms with Gasteiger partial charge in [0.1, 0.15) is 11.9 Å². The van der Waals surface area contributed by atoms with Crippen LogP contribution in [0.15, 0.2) is 18.2 Å². The molecule has 1 aromatic carbocycles. The molecule has 0 aliphatic carbocycles. The van der Waals surface area contributed by atoms with Crippen LogP contribution in [0.5, 0.6) is 0 Å². The third-order valence-electron chi connectivity index (χ3n) is 3.68. The van der Waals surface area contributed by atoms with E-state index in [2.05, 4.69) is 10.3 Å². The number of benzene rings is 1. The highest BCUT2D eigenvalue weighted by atomic mass is 16.4. The maximum absolute atomic E-state index is 12.0. The van der Waals surface area contributed by atoms with Crippen LogP contribution in [-0.4, -0.2) is 33.1 Å². The van der Waals surface area contributed by atoms with E-state index in [0.717, 1.165) is 24.2 Å². The van der Waals surface area contributed by atoms with Gasteiger partial charge in [-0.25, -0.2) is 9.78 Å². The first-order valence-corrected chi connectivity index (χ1v) is 6.57. The molecule has 6 nitrogen and oxygen atoms in total. The molecular weight excluding hydrogens is 258 g/mol. The molecule has 1 amide bonds. The van der Waals surface area contributed by atoms with Crippen molar-refractivity contribution in [2.45, 2.75) is 25.8 Å². The van der Waals surface area contributed by atoms with E-state index in [4.69, 9.17) is 5.11 Å². The number of fused-ring (bicyclic) bond motifs is 1. The van der Waals surface area contributed by atoms with Crippen LogP contribution in [0.25, 0.3) is 11.0 Å². The van der Waals surface area contributed by atoms with Crippen LogP contribution < -0.4 is 5.32 Å². The number of nitrogens with zero attached hydrogens (tertiary/aromatic N) is 2. The summed E-state index contributed by atoms with van der Waals surface area (Å²) >= 11 is 0. The van der Waals surface area contributed by atoms with Crippen LogP contribution in [0.3, 0.4) is 0 Å². The summed E-state index contributed by atoms with van der Waals surface area (Å²) in [4.78, 5) is 27.4. The molecule has 2 N–H and O–H groups in total. The molecule has 1 fully saturated rings. The lowest BCUT2D eigenvalue weighted by Gasteiger charge is -2.24. The van der Waals surface area contributed by atoms with Crippen LogP contribution in [0.4, 0.5) is 0 Å². The van der Waals surface area contributed by atoms with Gasteiger partial charge in [0.25, 0.3) is 0 Å². The minimum Gasteiger partial charge on any atom is -0.478 e. The minimum atomic E-state index is -0.977. The lowest BCUT2D eigenvalue weighted by Crippen LogP contribution is -2.38. The number of imidazole rings is 1. The molecule has 1 atom stereocenters. The summed E-state index contributed by atoms with van der Waals surface area (Å²) in [5.74, 6) is -0.250. The number of aryl methyl sites for hydroxylation is 1. The molecule has 104 valence electrons. The fourth-order valence-electron chi connectivity index (χ4n) is 2.75. The summed E-state index contributed by atoms with van der Waals surface area (Å²) in [6.45, 7) is 2.55. The van der Waals surface area contributed by atoms with Crippen molar-refractivity contribution in [2.75, 3.05) is 6.54 Å². The molecule has 1 aliphatic rings. The van der Waals surface area contributed by atoms with Gasteiger partial charge in [0.2, 0.25) is 5.91 Å². The second kappa shape index (κ2) is 4.63. The van der Waals surface area contributed by atoms with Gasteiger partial charge in [-0.05, 0) is 38.0 Å². The average molecular weight is 273 g/mol. The number of piperidine rings is 1. The number of aromatic nitrogens is 2. The summed E-state index contributed by atoms with van der Waals surface area (Å²) in [7, 11) is 0. The monoisotopic (exact) mass is 273 g/mol. The van der Waals surface area contributed by atoms with Crippen molar-refractivity contribution in [3.8, 4) is 0 Å². The first-order valence-electron chi connectivity index (χ1n) is 6.57. The summed E-state index contributed by atoms with van der Waals surface area (Å²) in [5.41, 5.74) is 1.62. The van der Waals surface area contributed by atoms with E-state index in [1.165, 1.54) is 0 Å². The lowest BCUT2D eigenvalue weighted by atomic mass is 10.1. The molecule has 1 aliphatic heterocycles. The van der Waals surface area contributed by atoms with Crippen LogP contribution in [-0.2, 0) is 4.79 Å². The fourth-order valence-corrected chi connectivity index (χ4v) is 2.75. The van der Waals surface area contributed by atoms with Gasteiger partial charge in [0.15, 0.2) is 0 Å². The lowest BCUT2D eigenvalue weighted by molar-refractivity contribution is -0.125. The van der Waals surface area contributed by atoms with E-state index < -0.39 is 5.97 Å². The van der Waals surface area contributed by atoms with Gasteiger partial charge < -0.3 is 15.0 Å². The molecule has 6 heteroatoms.